The largest absolute Gasteiger partial charge is 0.481 e. The van der Waals surface area contributed by atoms with Crippen LogP contribution in [0, 0.1) is 50.2 Å². The molecular formula is C30H46O3. The Bertz CT molecular complexity index is 927. The summed E-state index contributed by atoms with van der Waals surface area (Å²) in [5.74, 6) is 1.10. The van der Waals surface area contributed by atoms with E-state index in [-0.39, 0.29) is 33.0 Å². The van der Waals surface area contributed by atoms with Crippen LogP contribution in [0.3, 0.4) is 0 Å². The van der Waals surface area contributed by atoms with E-state index in [4.69, 9.17) is 0 Å². The Morgan fingerprint density at radius 1 is 0.909 bits per heavy atom. The van der Waals surface area contributed by atoms with E-state index in [0.29, 0.717) is 17.6 Å². The molecule has 0 aromatic heterocycles. The van der Waals surface area contributed by atoms with Crippen LogP contribution in [0.25, 0.3) is 0 Å². The molecule has 0 aromatic carbocycles. The van der Waals surface area contributed by atoms with E-state index in [9.17, 15) is 14.7 Å². The lowest BCUT2D eigenvalue weighted by molar-refractivity contribution is -0.189. The highest BCUT2D eigenvalue weighted by Crippen LogP contribution is 2.75. The number of fused-ring (bicyclic) bond motifs is 7. The molecule has 0 aliphatic heterocycles. The zero-order valence-corrected chi connectivity index (χ0v) is 22.1. The highest BCUT2D eigenvalue weighted by atomic mass is 16.4. The number of hydrogen-bond acceptors (Lipinski definition) is 2. The summed E-state index contributed by atoms with van der Waals surface area (Å²) in [6, 6.07) is 0. The van der Waals surface area contributed by atoms with E-state index < -0.39 is 11.4 Å². The second kappa shape index (κ2) is 6.76. The van der Waals surface area contributed by atoms with E-state index in [0.717, 1.165) is 57.8 Å². The van der Waals surface area contributed by atoms with Gasteiger partial charge in [-0.15, -0.1) is 0 Å². The summed E-state index contributed by atoms with van der Waals surface area (Å²) in [6.45, 7) is 16.6. The number of carboxylic acid groups (broad SMARTS) is 1. The third-order valence-electron chi connectivity index (χ3n) is 12.8. The molecule has 4 fully saturated rings. The molecule has 5 aliphatic carbocycles. The van der Waals surface area contributed by atoms with Crippen molar-refractivity contribution < 1.29 is 14.7 Å². The lowest BCUT2D eigenvalue weighted by Gasteiger charge is -2.70. The zero-order valence-electron chi connectivity index (χ0n) is 22.1. The molecular weight excluding hydrogens is 408 g/mol. The highest BCUT2D eigenvalue weighted by Gasteiger charge is 2.69. The molecule has 7 atom stereocenters. The van der Waals surface area contributed by atoms with Crippen LogP contribution in [0.2, 0.25) is 0 Å². The standard InChI is InChI=1S/C30H46O3/c1-25(2)14-16-30(24(32)33)17-15-28(6)19(20(30)18-25)8-9-22-27(5)12-11-23(31)26(3,4)21(27)10-13-29(22,28)7/h8,20-22H,9-18H2,1-7H3,(H,32,33)/t20-,21-,22-,27+,28-,29-,30+/m1/s1. The molecule has 0 saturated heterocycles. The molecule has 5 rings (SSSR count). The summed E-state index contributed by atoms with van der Waals surface area (Å²) in [5, 5.41) is 10.5. The van der Waals surface area contributed by atoms with Crippen LogP contribution in [-0.2, 0) is 9.59 Å². The molecule has 1 N–H and O–H groups in total. The molecule has 0 spiro atoms. The molecule has 0 radical (unpaired) electrons. The van der Waals surface area contributed by atoms with Crippen LogP contribution in [0.1, 0.15) is 113 Å². The van der Waals surface area contributed by atoms with Crippen LogP contribution in [0.5, 0.6) is 0 Å². The first-order valence-electron chi connectivity index (χ1n) is 13.6. The maximum Gasteiger partial charge on any atom is 0.310 e. The van der Waals surface area contributed by atoms with Crippen molar-refractivity contribution in [1.82, 2.24) is 0 Å². The maximum atomic E-state index is 12.9. The van der Waals surface area contributed by atoms with E-state index in [1.54, 1.807) is 0 Å². The molecule has 5 aliphatic rings. The van der Waals surface area contributed by atoms with E-state index in [2.05, 4.69) is 54.5 Å². The average Bonchev–Trinajstić information content (AvgIpc) is 2.71. The van der Waals surface area contributed by atoms with Crippen molar-refractivity contribution in [3.8, 4) is 0 Å². The number of allylic oxidation sites excluding steroid dienone is 2. The predicted octanol–water partition coefficient (Wildman–Crippen LogP) is 7.44. The number of carboxylic acids is 1. The Balaban J connectivity index is 1.60. The van der Waals surface area contributed by atoms with Crippen LogP contribution in [-0.4, -0.2) is 16.9 Å². The maximum absolute atomic E-state index is 12.9. The fourth-order valence-corrected chi connectivity index (χ4v) is 10.4. The minimum Gasteiger partial charge on any atom is -0.481 e. The molecule has 33 heavy (non-hydrogen) atoms. The third-order valence-corrected chi connectivity index (χ3v) is 12.8. The van der Waals surface area contributed by atoms with Gasteiger partial charge in [0.25, 0.3) is 0 Å². The Labute approximate surface area is 201 Å². The van der Waals surface area contributed by atoms with Gasteiger partial charge in [0.2, 0.25) is 0 Å². The molecule has 0 heterocycles. The summed E-state index contributed by atoms with van der Waals surface area (Å²) in [7, 11) is 0. The van der Waals surface area contributed by atoms with Crippen LogP contribution >= 0.6 is 0 Å². The van der Waals surface area contributed by atoms with Crippen molar-refractivity contribution in [2.45, 2.75) is 113 Å². The number of Topliss-reactive ketones (excluding diaryl/α,β-unsaturated/α-hetero) is 1. The second-order valence-electron chi connectivity index (χ2n) is 14.8. The van der Waals surface area contributed by atoms with Gasteiger partial charge in [0.1, 0.15) is 5.78 Å². The van der Waals surface area contributed by atoms with E-state index in [1.165, 1.54) is 12.0 Å². The Hall–Kier alpha value is -1.12. The number of aliphatic carboxylic acids is 1. The summed E-state index contributed by atoms with van der Waals surface area (Å²) >= 11 is 0. The smallest absolute Gasteiger partial charge is 0.310 e. The van der Waals surface area contributed by atoms with Crippen LogP contribution in [0.4, 0.5) is 0 Å². The summed E-state index contributed by atoms with van der Waals surface area (Å²) in [6.07, 6.45) is 12.3. The number of ketones is 1. The van der Waals surface area contributed by atoms with Gasteiger partial charge in [-0.25, -0.2) is 0 Å². The van der Waals surface area contributed by atoms with E-state index in [1.807, 2.05) is 0 Å². The van der Waals surface area contributed by atoms with Gasteiger partial charge in [0, 0.05) is 11.8 Å². The monoisotopic (exact) mass is 454 g/mol. The van der Waals surface area contributed by atoms with E-state index >= 15 is 0 Å². The van der Waals surface area contributed by atoms with Crippen molar-refractivity contribution in [3.63, 3.8) is 0 Å². The van der Waals surface area contributed by atoms with Crippen LogP contribution in [0.15, 0.2) is 11.6 Å². The molecule has 184 valence electrons. The zero-order chi connectivity index (χ0) is 24.2. The number of carbonyl (C=O) groups excluding carboxylic acids is 1. The molecule has 0 aromatic rings. The van der Waals surface area contributed by atoms with Gasteiger partial charge >= 0.3 is 5.97 Å². The first-order valence-corrected chi connectivity index (χ1v) is 13.6. The quantitative estimate of drug-likeness (QED) is 0.419. The summed E-state index contributed by atoms with van der Waals surface area (Å²) in [4.78, 5) is 25.6. The predicted molar refractivity (Wildman–Crippen MR) is 132 cm³/mol. The number of carbonyl (C=O) groups is 2. The second-order valence-corrected chi connectivity index (χ2v) is 14.8. The van der Waals surface area contributed by atoms with Gasteiger partial charge in [-0.05, 0) is 97.2 Å². The topological polar surface area (TPSA) is 54.4 Å². The molecule has 0 unspecified atom stereocenters. The van der Waals surface area contributed by atoms with Crippen molar-refractivity contribution >= 4 is 11.8 Å². The number of rotatable bonds is 1. The Morgan fingerprint density at radius 2 is 1.58 bits per heavy atom. The lowest BCUT2D eigenvalue weighted by Crippen LogP contribution is -2.64. The van der Waals surface area contributed by atoms with Crippen LogP contribution < -0.4 is 0 Å². The Morgan fingerprint density at radius 3 is 2.24 bits per heavy atom. The molecule has 0 bridgehead atoms. The highest BCUT2D eigenvalue weighted by molar-refractivity contribution is 5.85. The summed E-state index contributed by atoms with van der Waals surface area (Å²) in [5.41, 5.74) is 1.33. The van der Waals surface area contributed by atoms with Crippen molar-refractivity contribution in [2.75, 3.05) is 0 Å². The fourth-order valence-electron chi connectivity index (χ4n) is 10.4. The van der Waals surface area contributed by atoms with Gasteiger partial charge in [-0.3, -0.25) is 9.59 Å². The Kier molecular flexibility index (Phi) is 4.83. The molecule has 3 heteroatoms. The first kappa shape index (κ1) is 23.6. The minimum atomic E-state index is -0.565. The molecule has 4 saturated carbocycles. The van der Waals surface area contributed by atoms with Gasteiger partial charge in [0.05, 0.1) is 5.41 Å². The van der Waals surface area contributed by atoms with Gasteiger partial charge in [-0.2, -0.15) is 0 Å². The minimum absolute atomic E-state index is 0.0620. The van der Waals surface area contributed by atoms with Gasteiger partial charge in [-0.1, -0.05) is 60.1 Å². The van der Waals surface area contributed by atoms with Gasteiger partial charge < -0.3 is 5.11 Å². The third kappa shape index (κ3) is 2.80. The molecule has 0 amide bonds. The SMILES string of the molecule is CC1(C)CC[C@]2(C(=O)O)CC[C@]3(C)C(=CC[C@@H]4[C@@]5(C)CCC(=O)C(C)(C)[C@H]5CC[C@]43C)[C@H]2C1. The molecule has 3 nitrogen and oxygen atoms in total. The average molecular weight is 455 g/mol. The van der Waals surface area contributed by atoms with Crippen molar-refractivity contribution in [1.29, 1.82) is 0 Å². The fraction of sp³-hybridized carbons (Fsp3) is 0.867. The summed E-state index contributed by atoms with van der Waals surface area (Å²) < 4.78 is 0. The van der Waals surface area contributed by atoms with Gasteiger partial charge in [0.15, 0.2) is 0 Å². The van der Waals surface area contributed by atoms with Crippen molar-refractivity contribution in [3.05, 3.63) is 11.6 Å². The van der Waals surface area contributed by atoms with Crippen molar-refractivity contribution in [2.24, 2.45) is 50.2 Å². The normalized spacial score (nSPS) is 50.2. The first-order chi connectivity index (χ1) is 15.1. The number of hydrogen-bond donors (Lipinski definition) is 1. The lowest BCUT2D eigenvalue weighted by atomic mass is 9.33.